The summed E-state index contributed by atoms with van der Waals surface area (Å²) in [6.45, 7) is -0.0516. The minimum absolute atomic E-state index is 0.0516. The Morgan fingerprint density at radius 1 is 1.00 bits per heavy atom. The molecule has 0 spiro atoms. The number of hydrogen-bond donors (Lipinski definition) is 1. The Balaban J connectivity index is 1.89. The van der Waals surface area contributed by atoms with Gasteiger partial charge in [-0.15, -0.1) is 0 Å². The number of urea groups is 1. The first-order valence-corrected chi connectivity index (χ1v) is 7.54. The van der Waals surface area contributed by atoms with Gasteiger partial charge < -0.3 is 5.32 Å². The maximum Gasteiger partial charge on any atom is 0.330 e. The number of nitrogens with zero attached hydrogens (tertiary/aromatic N) is 5. The van der Waals surface area contributed by atoms with Crippen molar-refractivity contribution in [2.75, 3.05) is 11.4 Å². The molecule has 25 heavy (non-hydrogen) atoms. The van der Waals surface area contributed by atoms with E-state index in [0.717, 1.165) is 10.5 Å². The Kier molecular flexibility index (Phi) is 3.62. The van der Waals surface area contributed by atoms with Gasteiger partial charge in [-0.1, -0.05) is 6.07 Å². The van der Waals surface area contributed by atoms with Crippen LogP contribution < -0.4 is 10.2 Å². The highest BCUT2D eigenvalue weighted by Crippen LogP contribution is 2.25. The molecule has 1 saturated heterocycles. The maximum atomic E-state index is 12.0. The van der Waals surface area contributed by atoms with Crippen LogP contribution in [0.3, 0.4) is 0 Å². The summed E-state index contributed by atoms with van der Waals surface area (Å²) in [5.41, 5.74) is 1.84. The summed E-state index contributed by atoms with van der Waals surface area (Å²) in [4.78, 5) is 42.2. The van der Waals surface area contributed by atoms with Crippen molar-refractivity contribution in [2.24, 2.45) is 0 Å². The summed E-state index contributed by atoms with van der Waals surface area (Å²) < 4.78 is 0. The monoisotopic (exact) mass is 332 g/mol. The summed E-state index contributed by atoms with van der Waals surface area (Å²) in [5, 5.41) is 2.49. The molecular weight excluding hydrogens is 320 g/mol. The third-order valence-corrected chi connectivity index (χ3v) is 3.64. The first-order valence-electron chi connectivity index (χ1n) is 7.54. The van der Waals surface area contributed by atoms with Crippen LogP contribution in [0.25, 0.3) is 22.8 Å². The summed E-state index contributed by atoms with van der Waals surface area (Å²) in [6, 6.07) is 10.1. The van der Waals surface area contributed by atoms with Gasteiger partial charge in [0, 0.05) is 30.2 Å². The van der Waals surface area contributed by atoms with Gasteiger partial charge in [0.25, 0.3) is 5.91 Å². The van der Waals surface area contributed by atoms with Gasteiger partial charge in [-0.25, -0.2) is 19.7 Å². The molecule has 1 aliphatic rings. The van der Waals surface area contributed by atoms with Gasteiger partial charge in [0.05, 0.1) is 12.2 Å². The summed E-state index contributed by atoms with van der Waals surface area (Å²) in [5.74, 6) is 0.159. The van der Waals surface area contributed by atoms with Gasteiger partial charge >= 0.3 is 6.03 Å². The number of imide groups is 1. The standard InChI is InChI=1S/C17H12N6O2/c24-15-10-20-17(25)23(15)14-8-13(11-4-3-6-18-9-11)21-16(22-14)12-5-1-2-7-19-12/h1-9H,10H2,(H,20,25). The fraction of sp³-hybridized carbons (Fsp3) is 0.0588. The van der Waals surface area contributed by atoms with E-state index in [1.807, 2.05) is 12.1 Å². The van der Waals surface area contributed by atoms with E-state index in [0.29, 0.717) is 17.2 Å². The van der Waals surface area contributed by atoms with Gasteiger partial charge in [-0.05, 0) is 24.3 Å². The van der Waals surface area contributed by atoms with Crippen LogP contribution >= 0.6 is 0 Å². The van der Waals surface area contributed by atoms with Crippen LogP contribution in [0, 0.1) is 0 Å². The molecule has 1 N–H and O–H groups in total. The highest BCUT2D eigenvalue weighted by Gasteiger charge is 2.32. The Bertz CT molecular complexity index is 872. The molecule has 0 atom stereocenters. The lowest BCUT2D eigenvalue weighted by Gasteiger charge is -2.14. The van der Waals surface area contributed by atoms with Gasteiger partial charge in [0.15, 0.2) is 5.82 Å². The molecule has 1 fully saturated rings. The van der Waals surface area contributed by atoms with Crippen molar-refractivity contribution in [3.8, 4) is 22.8 Å². The minimum atomic E-state index is -0.507. The molecule has 0 radical (unpaired) electrons. The number of pyridine rings is 2. The molecule has 0 aromatic carbocycles. The van der Waals surface area contributed by atoms with E-state index < -0.39 is 6.03 Å². The van der Waals surface area contributed by atoms with Gasteiger partial charge in [0.1, 0.15) is 11.5 Å². The van der Waals surface area contributed by atoms with Crippen LogP contribution in [0.4, 0.5) is 10.6 Å². The van der Waals surface area contributed by atoms with Crippen LogP contribution in [0.1, 0.15) is 0 Å². The Morgan fingerprint density at radius 2 is 1.92 bits per heavy atom. The number of aromatic nitrogens is 4. The lowest BCUT2D eigenvalue weighted by atomic mass is 10.2. The van der Waals surface area contributed by atoms with Crippen LogP contribution in [0.15, 0.2) is 55.0 Å². The zero-order valence-electron chi connectivity index (χ0n) is 13.0. The first kappa shape index (κ1) is 14.9. The molecule has 8 nitrogen and oxygen atoms in total. The van der Waals surface area contributed by atoms with E-state index in [1.165, 1.54) is 0 Å². The Labute approximate surface area is 142 Å². The second kappa shape index (κ2) is 6.08. The number of carbonyl (C=O) groups excluding carboxylic acids is 2. The quantitative estimate of drug-likeness (QED) is 0.732. The predicted molar refractivity (Wildman–Crippen MR) is 89.4 cm³/mol. The van der Waals surface area contributed by atoms with Crippen LogP contribution in [0.5, 0.6) is 0 Å². The molecule has 4 heterocycles. The molecule has 3 aromatic rings. The van der Waals surface area contributed by atoms with Crippen LogP contribution in [-0.2, 0) is 4.79 Å². The zero-order valence-corrected chi connectivity index (χ0v) is 13.0. The van der Waals surface area contributed by atoms with E-state index in [-0.39, 0.29) is 18.3 Å². The van der Waals surface area contributed by atoms with E-state index in [4.69, 9.17) is 0 Å². The molecule has 8 heteroatoms. The molecule has 0 bridgehead atoms. The van der Waals surface area contributed by atoms with E-state index >= 15 is 0 Å². The van der Waals surface area contributed by atoms with Gasteiger partial charge in [-0.3, -0.25) is 14.8 Å². The second-order valence-electron chi connectivity index (χ2n) is 5.28. The first-order chi connectivity index (χ1) is 12.2. The predicted octanol–water partition coefficient (Wildman–Crippen LogP) is 1.66. The number of carbonyl (C=O) groups is 2. The third-order valence-electron chi connectivity index (χ3n) is 3.64. The van der Waals surface area contributed by atoms with Gasteiger partial charge in [0.2, 0.25) is 0 Å². The van der Waals surface area contributed by atoms with Crippen molar-refractivity contribution in [3.63, 3.8) is 0 Å². The SMILES string of the molecule is O=C1CNC(=O)N1c1cc(-c2cccnc2)nc(-c2ccccn2)n1. The van der Waals surface area contributed by atoms with Gasteiger partial charge in [-0.2, -0.15) is 0 Å². The molecule has 1 aliphatic heterocycles. The van der Waals surface area contributed by atoms with Crippen molar-refractivity contribution >= 4 is 17.8 Å². The molecule has 122 valence electrons. The van der Waals surface area contributed by atoms with E-state index in [1.54, 1.807) is 42.9 Å². The van der Waals surface area contributed by atoms with Crippen molar-refractivity contribution in [1.82, 2.24) is 25.3 Å². The molecule has 0 aliphatic carbocycles. The average Bonchev–Trinajstić information content (AvgIpc) is 3.01. The third kappa shape index (κ3) is 2.80. The van der Waals surface area contributed by atoms with E-state index in [9.17, 15) is 9.59 Å². The number of hydrogen-bond acceptors (Lipinski definition) is 6. The van der Waals surface area contributed by atoms with Crippen LogP contribution in [-0.4, -0.2) is 38.4 Å². The number of amides is 3. The Hall–Kier alpha value is -3.68. The largest absolute Gasteiger partial charge is 0.330 e. The summed E-state index contributed by atoms with van der Waals surface area (Å²) in [7, 11) is 0. The maximum absolute atomic E-state index is 12.0. The number of nitrogens with one attached hydrogen (secondary N) is 1. The summed E-state index contributed by atoms with van der Waals surface area (Å²) in [6.07, 6.45) is 4.94. The van der Waals surface area contributed by atoms with Crippen molar-refractivity contribution in [1.29, 1.82) is 0 Å². The molecule has 0 unspecified atom stereocenters. The fourth-order valence-corrected chi connectivity index (χ4v) is 2.48. The molecule has 3 aromatic heterocycles. The minimum Gasteiger partial charge on any atom is -0.328 e. The highest BCUT2D eigenvalue weighted by molar-refractivity contribution is 6.19. The van der Waals surface area contributed by atoms with Crippen LogP contribution in [0.2, 0.25) is 0 Å². The smallest absolute Gasteiger partial charge is 0.328 e. The lowest BCUT2D eigenvalue weighted by Crippen LogP contribution is -2.31. The van der Waals surface area contributed by atoms with Crippen molar-refractivity contribution in [2.45, 2.75) is 0 Å². The Morgan fingerprint density at radius 3 is 2.60 bits per heavy atom. The summed E-state index contributed by atoms with van der Waals surface area (Å²) >= 11 is 0. The lowest BCUT2D eigenvalue weighted by molar-refractivity contribution is -0.115. The average molecular weight is 332 g/mol. The molecule has 3 amide bonds. The molecular formula is C17H12N6O2. The van der Waals surface area contributed by atoms with Crippen molar-refractivity contribution < 1.29 is 9.59 Å². The normalized spacial score (nSPS) is 13.8. The highest BCUT2D eigenvalue weighted by atomic mass is 16.2. The van der Waals surface area contributed by atoms with E-state index in [2.05, 4.69) is 25.3 Å². The zero-order chi connectivity index (χ0) is 17.2. The molecule has 4 rings (SSSR count). The topological polar surface area (TPSA) is 101 Å². The number of anilines is 1. The second-order valence-corrected chi connectivity index (χ2v) is 5.28. The van der Waals surface area contributed by atoms with Crippen molar-refractivity contribution in [3.05, 3.63) is 55.0 Å². The fourth-order valence-electron chi connectivity index (χ4n) is 2.48. The molecule has 0 saturated carbocycles. The number of rotatable bonds is 3.